The molecule has 0 aliphatic carbocycles. The van der Waals surface area contributed by atoms with Gasteiger partial charge in [0.1, 0.15) is 11.1 Å². The van der Waals surface area contributed by atoms with E-state index in [9.17, 15) is 9.18 Å². The van der Waals surface area contributed by atoms with Crippen LogP contribution in [0.3, 0.4) is 0 Å². The number of pyridine rings is 1. The zero-order chi connectivity index (χ0) is 16.1. The normalized spacial score (nSPS) is 12.2. The highest BCUT2D eigenvalue weighted by Gasteiger charge is 2.16. The molecule has 7 heteroatoms. The van der Waals surface area contributed by atoms with E-state index < -0.39 is 5.95 Å². The van der Waals surface area contributed by atoms with Gasteiger partial charge in [-0.2, -0.15) is 4.39 Å². The topological polar surface area (TPSA) is 55.3 Å². The lowest BCUT2D eigenvalue weighted by atomic mass is 10.2. The minimum atomic E-state index is -0.603. The van der Waals surface area contributed by atoms with Crippen LogP contribution >= 0.6 is 11.3 Å². The summed E-state index contributed by atoms with van der Waals surface area (Å²) < 4.78 is 18.3. The van der Waals surface area contributed by atoms with Gasteiger partial charge in [0.25, 0.3) is 5.91 Å². The van der Waals surface area contributed by atoms with Gasteiger partial charge in [0.15, 0.2) is 0 Å². The Hall–Kier alpha value is -1.86. The van der Waals surface area contributed by atoms with Crippen molar-refractivity contribution in [3.8, 4) is 0 Å². The van der Waals surface area contributed by atoms with Crippen molar-refractivity contribution in [2.45, 2.75) is 26.5 Å². The summed E-state index contributed by atoms with van der Waals surface area (Å²) in [6.07, 6.45) is 1.18. The van der Waals surface area contributed by atoms with E-state index in [1.165, 1.54) is 34.6 Å². The number of halogens is 1. The molecule has 1 amide bonds. The van der Waals surface area contributed by atoms with E-state index >= 15 is 0 Å². The number of ether oxygens (including phenoxy) is 1. The smallest absolute Gasteiger partial charge is 0.255 e. The van der Waals surface area contributed by atoms with Crippen LogP contribution in [0.15, 0.2) is 23.7 Å². The molecule has 2 aromatic rings. The number of rotatable bonds is 6. The maximum Gasteiger partial charge on any atom is 0.255 e. The van der Waals surface area contributed by atoms with Crippen molar-refractivity contribution in [3.63, 3.8) is 0 Å². The molecule has 0 saturated carbocycles. The second kappa shape index (κ2) is 7.42. The van der Waals surface area contributed by atoms with E-state index in [1.54, 1.807) is 7.05 Å². The third-order valence-corrected chi connectivity index (χ3v) is 4.11. The molecule has 2 heterocycles. The standard InChI is InChI=1S/C15H18FN3O2S/c1-4-21-10(2)14-18-12(9-22-14)8-19(3)15(20)11-5-6-13(16)17-7-11/h5-7,9-10H,4,8H2,1-3H3/t10-/m1/s1. The Morgan fingerprint density at radius 1 is 1.50 bits per heavy atom. The third kappa shape index (κ3) is 4.08. The summed E-state index contributed by atoms with van der Waals surface area (Å²) in [6, 6.07) is 2.59. The van der Waals surface area contributed by atoms with Gasteiger partial charge >= 0.3 is 0 Å². The molecule has 0 fully saturated rings. The monoisotopic (exact) mass is 323 g/mol. The summed E-state index contributed by atoms with van der Waals surface area (Å²) in [6.45, 7) is 4.90. The molecule has 2 aromatic heterocycles. The lowest BCUT2D eigenvalue weighted by molar-refractivity contribution is 0.0756. The van der Waals surface area contributed by atoms with E-state index in [2.05, 4.69) is 9.97 Å². The SMILES string of the molecule is CCO[C@H](C)c1nc(CN(C)C(=O)c2ccc(F)nc2)cs1. The number of hydrogen-bond acceptors (Lipinski definition) is 5. The van der Waals surface area contributed by atoms with Crippen molar-refractivity contribution in [2.75, 3.05) is 13.7 Å². The molecular formula is C15H18FN3O2S. The van der Waals surface area contributed by atoms with Crippen LogP contribution < -0.4 is 0 Å². The first kappa shape index (κ1) is 16.5. The van der Waals surface area contributed by atoms with Crippen LogP contribution in [0.5, 0.6) is 0 Å². The van der Waals surface area contributed by atoms with Crippen molar-refractivity contribution in [2.24, 2.45) is 0 Å². The molecule has 5 nitrogen and oxygen atoms in total. The van der Waals surface area contributed by atoms with Gasteiger partial charge in [-0.05, 0) is 26.0 Å². The average molecular weight is 323 g/mol. The first-order chi connectivity index (χ1) is 10.5. The van der Waals surface area contributed by atoms with Gasteiger partial charge in [-0.15, -0.1) is 11.3 Å². The Kier molecular flexibility index (Phi) is 5.57. The second-order valence-electron chi connectivity index (χ2n) is 4.81. The van der Waals surface area contributed by atoms with Gasteiger partial charge in [0, 0.05) is 25.2 Å². The number of nitrogens with zero attached hydrogens (tertiary/aromatic N) is 3. The number of thiazole rings is 1. The Morgan fingerprint density at radius 2 is 2.27 bits per heavy atom. The molecular weight excluding hydrogens is 305 g/mol. The van der Waals surface area contributed by atoms with Crippen molar-refractivity contribution < 1.29 is 13.9 Å². The zero-order valence-electron chi connectivity index (χ0n) is 12.7. The highest BCUT2D eigenvalue weighted by atomic mass is 32.1. The molecule has 0 spiro atoms. The van der Waals surface area contributed by atoms with Crippen LogP contribution in [0, 0.1) is 5.95 Å². The first-order valence-electron chi connectivity index (χ1n) is 6.94. The molecule has 0 saturated heterocycles. The molecule has 0 aromatic carbocycles. The van der Waals surface area contributed by atoms with Gasteiger partial charge < -0.3 is 9.64 Å². The number of amides is 1. The zero-order valence-corrected chi connectivity index (χ0v) is 13.6. The number of hydrogen-bond donors (Lipinski definition) is 0. The van der Waals surface area contributed by atoms with E-state index in [-0.39, 0.29) is 12.0 Å². The van der Waals surface area contributed by atoms with E-state index in [4.69, 9.17) is 4.74 Å². The fourth-order valence-corrected chi connectivity index (χ4v) is 2.75. The Labute approximate surface area is 132 Å². The minimum absolute atomic E-state index is 0.0499. The Morgan fingerprint density at radius 3 is 2.91 bits per heavy atom. The minimum Gasteiger partial charge on any atom is -0.372 e. The first-order valence-corrected chi connectivity index (χ1v) is 7.82. The molecule has 0 radical (unpaired) electrons. The molecule has 1 atom stereocenters. The molecule has 0 N–H and O–H groups in total. The summed E-state index contributed by atoms with van der Waals surface area (Å²) in [5.74, 6) is -0.826. The molecule has 118 valence electrons. The van der Waals surface area contributed by atoms with Gasteiger partial charge in [0.2, 0.25) is 5.95 Å². The molecule has 0 aliphatic heterocycles. The van der Waals surface area contributed by atoms with Crippen molar-refractivity contribution in [1.29, 1.82) is 0 Å². The van der Waals surface area contributed by atoms with E-state index in [1.807, 2.05) is 19.2 Å². The predicted octanol–water partition coefficient (Wildman–Crippen LogP) is 3.05. The van der Waals surface area contributed by atoms with Crippen LogP contribution in [-0.2, 0) is 11.3 Å². The van der Waals surface area contributed by atoms with Gasteiger partial charge in [0.05, 0.1) is 17.8 Å². The molecule has 0 aliphatic rings. The van der Waals surface area contributed by atoms with Crippen LogP contribution in [-0.4, -0.2) is 34.4 Å². The summed E-state index contributed by atoms with van der Waals surface area (Å²) in [5, 5.41) is 2.80. The molecule has 2 rings (SSSR count). The molecule has 0 bridgehead atoms. The quantitative estimate of drug-likeness (QED) is 0.767. The van der Waals surface area contributed by atoms with E-state index in [0.29, 0.717) is 18.7 Å². The summed E-state index contributed by atoms with van der Waals surface area (Å²) in [7, 11) is 1.68. The summed E-state index contributed by atoms with van der Waals surface area (Å²) >= 11 is 1.51. The molecule has 0 unspecified atom stereocenters. The highest BCUT2D eigenvalue weighted by Crippen LogP contribution is 2.21. The van der Waals surface area contributed by atoms with Gasteiger partial charge in [-0.25, -0.2) is 9.97 Å². The lowest BCUT2D eigenvalue weighted by Crippen LogP contribution is -2.26. The fourth-order valence-electron chi connectivity index (χ4n) is 1.94. The van der Waals surface area contributed by atoms with Crippen molar-refractivity contribution in [1.82, 2.24) is 14.9 Å². The lowest BCUT2D eigenvalue weighted by Gasteiger charge is -2.15. The number of aromatic nitrogens is 2. The van der Waals surface area contributed by atoms with Crippen LogP contribution in [0.25, 0.3) is 0 Å². The third-order valence-electron chi connectivity index (χ3n) is 3.05. The summed E-state index contributed by atoms with van der Waals surface area (Å²) in [5.41, 5.74) is 1.15. The van der Waals surface area contributed by atoms with Crippen LogP contribution in [0.4, 0.5) is 4.39 Å². The Balaban J connectivity index is 2.01. The van der Waals surface area contributed by atoms with E-state index in [0.717, 1.165) is 10.7 Å². The largest absolute Gasteiger partial charge is 0.372 e. The molecule has 22 heavy (non-hydrogen) atoms. The van der Waals surface area contributed by atoms with Crippen LogP contribution in [0.2, 0.25) is 0 Å². The van der Waals surface area contributed by atoms with Gasteiger partial charge in [-0.3, -0.25) is 4.79 Å². The van der Waals surface area contributed by atoms with Gasteiger partial charge in [-0.1, -0.05) is 0 Å². The number of carbonyl (C=O) groups excluding carboxylic acids is 1. The predicted molar refractivity (Wildman–Crippen MR) is 82.1 cm³/mol. The summed E-state index contributed by atoms with van der Waals surface area (Å²) in [4.78, 5) is 21.7. The van der Waals surface area contributed by atoms with Crippen molar-refractivity contribution >= 4 is 17.2 Å². The fraction of sp³-hybridized carbons (Fsp3) is 0.400. The average Bonchev–Trinajstić information content (AvgIpc) is 2.96. The highest BCUT2D eigenvalue weighted by molar-refractivity contribution is 7.09. The van der Waals surface area contributed by atoms with Crippen molar-refractivity contribution in [3.05, 3.63) is 45.9 Å². The Bertz CT molecular complexity index is 630. The maximum atomic E-state index is 12.8. The maximum absolute atomic E-state index is 12.8. The second-order valence-corrected chi connectivity index (χ2v) is 5.70. The van der Waals surface area contributed by atoms with Crippen LogP contribution in [0.1, 0.15) is 41.0 Å². The number of carbonyl (C=O) groups is 1.